The Bertz CT molecular complexity index is 393. The van der Waals surface area contributed by atoms with Gasteiger partial charge in [0.1, 0.15) is 4.33 Å². The first-order valence-electron chi connectivity index (χ1n) is 6.11. The Morgan fingerprint density at radius 3 is 1.83 bits per heavy atom. The Morgan fingerprint density at radius 2 is 1.56 bits per heavy atom. The molecule has 0 spiro atoms. The van der Waals surface area contributed by atoms with E-state index in [2.05, 4.69) is 30.8 Å². The summed E-state index contributed by atoms with van der Waals surface area (Å²) in [7, 11) is 0. The Balaban J connectivity index is 0.000000232. The number of aliphatic imine (C=N–C) groups is 1. The quantitative estimate of drug-likeness (QED) is 0.504. The SMILES string of the molecule is C=NC(C)(C)C.CC1C(c2ccccc2)C1(Cl)Cl. The molecule has 2 unspecified atom stereocenters. The van der Waals surface area contributed by atoms with Crippen LogP contribution in [0, 0.1) is 5.92 Å². The number of hydrogen-bond donors (Lipinski definition) is 0. The van der Waals surface area contributed by atoms with Crippen LogP contribution in [0.5, 0.6) is 0 Å². The Hall–Kier alpha value is -0.530. The third kappa shape index (κ3) is 4.00. The smallest absolute Gasteiger partial charge is 0.128 e. The van der Waals surface area contributed by atoms with Crippen molar-refractivity contribution in [3.8, 4) is 0 Å². The maximum Gasteiger partial charge on any atom is 0.128 e. The molecule has 100 valence electrons. The standard InChI is InChI=1S/C10H10Cl2.C5H11N/c1-7-9(10(7,11)12)8-5-3-2-4-6-8;1-5(2,3)6-4/h2-7,9H,1H3;4H2,1-3H3. The summed E-state index contributed by atoms with van der Waals surface area (Å²) in [6.45, 7) is 11.5. The van der Waals surface area contributed by atoms with Gasteiger partial charge < -0.3 is 0 Å². The van der Waals surface area contributed by atoms with Crippen molar-refractivity contribution in [3.05, 3.63) is 35.9 Å². The van der Waals surface area contributed by atoms with Crippen molar-refractivity contribution in [2.45, 2.75) is 43.5 Å². The van der Waals surface area contributed by atoms with Gasteiger partial charge in [0.05, 0.1) is 5.54 Å². The zero-order valence-corrected chi connectivity index (χ0v) is 13.0. The van der Waals surface area contributed by atoms with Crippen molar-refractivity contribution < 1.29 is 0 Å². The summed E-state index contributed by atoms with van der Waals surface area (Å²) in [6, 6.07) is 10.2. The van der Waals surface area contributed by atoms with E-state index in [1.807, 2.05) is 39.0 Å². The minimum Gasteiger partial charge on any atom is -0.295 e. The molecule has 0 aliphatic heterocycles. The first kappa shape index (κ1) is 15.5. The molecule has 1 saturated carbocycles. The van der Waals surface area contributed by atoms with Gasteiger partial charge in [0.2, 0.25) is 0 Å². The molecule has 0 N–H and O–H groups in total. The van der Waals surface area contributed by atoms with Crippen molar-refractivity contribution in [2.24, 2.45) is 10.9 Å². The predicted octanol–water partition coefficient (Wildman–Crippen LogP) is 5.08. The van der Waals surface area contributed by atoms with Gasteiger partial charge in [-0.1, -0.05) is 37.3 Å². The minimum absolute atomic E-state index is 0.0556. The summed E-state index contributed by atoms with van der Waals surface area (Å²) < 4.78 is -0.526. The molecule has 1 aromatic carbocycles. The number of benzene rings is 1. The third-order valence-electron chi connectivity index (χ3n) is 3.05. The molecule has 0 aromatic heterocycles. The minimum atomic E-state index is -0.526. The van der Waals surface area contributed by atoms with Crippen LogP contribution in [0.3, 0.4) is 0 Å². The molecule has 1 fully saturated rings. The van der Waals surface area contributed by atoms with Crippen LogP contribution < -0.4 is 0 Å². The van der Waals surface area contributed by atoms with Crippen LogP contribution >= 0.6 is 23.2 Å². The topological polar surface area (TPSA) is 12.4 Å². The number of nitrogens with zero attached hydrogens (tertiary/aromatic N) is 1. The second-order valence-electron chi connectivity index (χ2n) is 5.68. The van der Waals surface area contributed by atoms with Crippen molar-refractivity contribution in [2.75, 3.05) is 0 Å². The lowest BCUT2D eigenvalue weighted by molar-refractivity contribution is 0.588. The molecule has 2 rings (SSSR count). The Kier molecular flexibility index (Phi) is 4.85. The molecule has 0 radical (unpaired) electrons. The molecular weight excluding hydrogens is 265 g/mol. The monoisotopic (exact) mass is 285 g/mol. The largest absolute Gasteiger partial charge is 0.295 e. The molecular formula is C15H21Cl2N. The Morgan fingerprint density at radius 1 is 1.17 bits per heavy atom. The number of rotatable bonds is 1. The maximum absolute atomic E-state index is 6.06. The zero-order valence-electron chi connectivity index (χ0n) is 11.5. The van der Waals surface area contributed by atoms with E-state index in [9.17, 15) is 0 Å². The summed E-state index contributed by atoms with van der Waals surface area (Å²) in [5.74, 6) is 0.699. The molecule has 1 aliphatic carbocycles. The summed E-state index contributed by atoms with van der Waals surface area (Å²) in [6.07, 6.45) is 0. The molecule has 0 heterocycles. The summed E-state index contributed by atoms with van der Waals surface area (Å²) in [5, 5.41) is 0. The number of alkyl halides is 2. The highest BCUT2D eigenvalue weighted by molar-refractivity contribution is 6.51. The van der Waals surface area contributed by atoms with Gasteiger partial charge in [-0.05, 0) is 39.0 Å². The van der Waals surface area contributed by atoms with E-state index in [4.69, 9.17) is 23.2 Å². The lowest BCUT2D eigenvalue weighted by atomic mass is 10.1. The van der Waals surface area contributed by atoms with Crippen molar-refractivity contribution in [1.82, 2.24) is 0 Å². The van der Waals surface area contributed by atoms with Crippen molar-refractivity contribution >= 4 is 29.9 Å². The molecule has 1 aromatic rings. The zero-order chi connectivity index (χ0) is 14.0. The second kappa shape index (κ2) is 5.63. The van der Waals surface area contributed by atoms with Crippen LogP contribution in [-0.2, 0) is 0 Å². The van der Waals surface area contributed by atoms with Gasteiger partial charge in [0, 0.05) is 5.92 Å². The van der Waals surface area contributed by atoms with Crippen LogP contribution in [0.15, 0.2) is 35.3 Å². The molecule has 0 amide bonds. The number of halogens is 2. The Labute approximate surface area is 120 Å². The second-order valence-corrected chi connectivity index (χ2v) is 7.12. The van der Waals surface area contributed by atoms with E-state index in [-0.39, 0.29) is 5.54 Å². The van der Waals surface area contributed by atoms with Crippen LogP contribution in [0.2, 0.25) is 0 Å². The molecule has 0 bridgehead atoms. The van der Waals surface area contributed by atoms with E-state index in [1.54, 1.807) is 0 Å². The van der Waals surface area contributed by atoms with Crippen LogP contribution in [0.1, 0.15) is 39.2 Å². The molecule has 18 heavy (non-hydrogen) atoms. The first-order chi connectivity index (χ1) is 8.20. The van der Waals surface area contributed by atoms with Gasteiger partial charge in [-0.3, -0.25) is 4.99 Å². The van der Waals surface area contributed by atoms with Gasteiger partial charge in [-0.25, -0.2) is 0 Å². The first-order valence-corrected chi connectivity index (χ1v) is 6.86. The highest BCUT2D eigenvalue weighted by Gasteiger charge is 2.60. The highest BCUT2D eigenvalue weighted by Crippen LogP contribution is 2.64. The summed E-state index contributed by atoms with van der Waals surface area (Å²) >= 11 is 12.1. The van der Waals surface area contributed by atoms with Crippen molar-refractivity contribution in [1.29, 1.82) is 0 Å². The molecule has 1 aliphatic rings. The lowest BCUT2D eigenvalue weighted by Gasteiger charge is -2.07. The summed E-state index contributed by atoms with van der Waals surface area (Å²) in [4.78, 5) is 3.77. The molecule has 3 heteroatoms. The molecule has 2 atom stereocenters. The average molecular weight is 286 g/mol. The molecule has 1 nitrogen and oxygen atoms in total. The highest BCUT2D eigenvalue weighted by atomic mass is 35.5. The van der Waals surface area contributed by atoms with Crippen LogP contribution in [-0.4, -0.2) is 16.6 Å². The fourth-order valence-corrected chi connectivity index (χ4v) is 2.41. The van der Waals surface area contributed by atoms with Gasteiger partial charge >= 0.3 is 0 Å². The van der Waals surface area contributed by atoms with Gasteiger partial charge in [-0.15, -0.1) is 23.2 Å². The predicted molar refractivity (Wildman–Crippen MR) is 82.1 cm³/mol. The molecule has 0 saturated heterocycles. The third-order valence-corrected chi connectivity index (χ3v) is 4.20. The van der Waals surface area contributed by atoms with E-state index >= 15 is 0 Å². The van der Waals surface area contributed by atoms with Crippen LogP contribution in [0.4, 0.5) is 0 Å². The van der Waals surface area contributed by atoms with Gasteiger partial charge in [0.15, 0.2) is 0 Å². The fourth-order valence-electron chi connectivity index (χ4n) is 1.65. The van der Waals surface area contributed by atoms with Crippen molar-refractivity contribution in [3.63, 3.8) is 0 Å². The van der Waals surface area contributed by atoms with Crippen LogP contribution in [0.25, 0.3) is 0 Å². The summed E-state index contributed by atoms with van der Waals surface area (Å²) in [5.41, 5.74) is 1.30. The van der Waals surface area contributed by atoms with E-state index in [0.29, 0.717) is 11.8 Å². The lowest BCUT2D eigenvalue weighted by Crippen LogP contribution is -2.07. The van der Waals surface area contributed by atoms with E-state index in [0.717, 1.165) is 0 Å². The average Bonchev–Trinajstić information content (AvgIpc) is 2.79. The van der Waals surface area contributed by atoms with E-state index < -0.39 is 4.33 Å². The maximum atomic E-state index is 6.06. The fraction of sp³-hybridized carbons (Fsp3) is 0.533. The van der Waals surface area contributed by atoms with Gasteiger partial charge in [-0.2, -0.15) is 0 Å². The van der Waals surface area contributed by atoms with E-state index in [1.165, 1.54) is 5.56 Å². The van der Waals surface area contributed by atoms with Gasteiger partial charge in [0.25, 0.3) is 0 Å². The normalized spacial score (nSPS) is 24.8. The number of hydrogen-bond acceptors (Lipinski definition) is 1.